The second-order valence-corrected chi connectivity index (χ2v) is 7.00. The molecule has 0 unspecified atom stereocenters. The van der Waals surface area contributed by atoms with Crippen LogP contribution in [0.2, 0.25) is 5.02 Å². The smallest absolute Gasteiger partial charge is 0.130 e. The van der Waals surface area contributed by atoms with Crippen molar-refractivity contribution in [1.82, 2.24) is 4.98 Å². The van der Waals surface area contributed by atoms with E-state index in [-0.39, 0.29) is 5.82 Å². The number of aryl methyl sites for hydroxylation is 1. The summed E-state index contributed by atoms with van der Waals surface area (Å²) in [5, 5.41) is 0.822. The molecule has 0 saturated carbocycles. The van der Waals surface area contributed by atoms with Crippen molar-refractivity contribution in [2.24, 2.45) is 0 Å². The van der Waals surface area contributed by atoms with E-state index >= 15 is 0 Å². The van der Waals surface area contributed by atoms with Crippen LogP contribution in [0.3, 0.4) is 0 Å². The highest BCUT2D eigenvalue weighted by Gasteiger charge is 2.30. The number of anilines is 1. The van der Waals surface area contributed by atoms with E-state index in [2.05, 4.69) is 4.90 Å². The summed E-state index contributed by atoms with van der Waals surface area (Å²) in [6.45, 7) is 1.84. The normalized spacial score (nSPS) is 17.7. The number of rotatable bonds is 2. The van der Waals surface area contributed by atoms with E-state index in [0.717, 1.165) is 46.7 Å². The van der Waals surface area contributed by atoms with Gasteiger partial charge in [-0.05, 0) is 17.7 Å². The van der Waals surface area contributed by atoms with Crippen LogP contribution in [0.1, 0.15) is 17.2 Å². The summed E-state index contributed by atoms with van der Waals surface area (Å²) in [4.78, 5) is 8.13. The lowest BCUT2D eigenvalue weighted by atomic mass is 9.91. The van der Waals surface area contributed by atoms with Crippen molar-refractivity contribution >= 4 is 29.2 Å². The van der Waals surface area contributed by atoms with E-state index in [1.54, 1.807) is 11.8 Å². The molecule has 2 aromatic rings. The Balaban J connectivity index is 1.51. The van der Waals surface area contributed by atoms with Crippen molar-refractivity contribution in [3.8, 4) is 0 Å². The molecular weight excluding hydrogens is 307 g/mol. The van der Waals surface area contributed by atoms with Gasteiger partial charge in [-0.2, -0.15) is 0 Å². The minimum absolute atomic E-state index is 0.181. The van der Waals surface area contributed by atoms with E-state index < -0.39 is 0 Å². The van der Waals surface area contributed by atoms with E-state index in [4.69, 9.17) is 16.6 Å². The molecule has 0 radical (unpaired) electrons. The average Bonchev–Trinajstić information content (AvgIpc) is 2.88. The molecular formula is C16H14ClFN2S. The van der Waals surface area contributed by atoms with Crippen molar-refractivity contribution in [3.63, 3.8) is 0 Å². The number of halogens is 2. The van der Waals surface area contributed by atoms with Crippen molar-refractivity contribution < 1.29 is 4.39 Å². The molecule has 2 aliphatic rings. The summed E-state index contributed by atoms with van der Waals surface area (Å²) in [6.07, 6.45) is 1.00. The SMILES string of the molecule is Fc1ccc(C2CN(c3cc(Cl)c4c(n3)CCS4)C2)cc1. The maximum absolute atomic E-state index is 12.9. The fourth-order valence-corrected chi connectivity index (χ4v) is 4.26. The first-order valence-corrected chi connectivity index (χ1v) is 8.40. The molecule has 0 spiro atoms. The monoisotopic (exact) mass is 320 g/mol. The standard InChI is InChI=1S/C16H14ClFN2S/c17-13-7-15(19-14-5-6-21-16(13)14)20-8-11(9-20)10-1-3-12(18)4-2-10/h1-4,7,11H,5-6,8-9H2. The van der Waals surface area contributed by atoms with Gasteiger partial charge in [0.1, 0.15) is 11.6 Å². The Labute approximate surface area is 132 Å². The van der Waals surface area contributed by atoms with Crippen LogP contribution < -0.4 is 4.90 Å². The van der Waals surface area contributed by atoms with Gasteiger partial charge in [-0.15, -0.1) is 11.8 Å². The third-order valence-corrected chi connectivity index (χ3v) is 5.68. The number of benzene rings is 1. The Morgan fingerprint density at radius 2 is 2.00 bits per heavy atom. The van der Waals surface area contributed by atoms with Crippen molar-refractivity contribution in [2.45, 2.75) is 17.2 Å². The molecule has 3 heterocycles. The molecule has 2 aliphatic heterocycles. The molecule has 4 rings (SSSR count). The minimum Gasteiger partial charge on any atom is -0.355 e. The van der Waals surface area contributed by atoms with Gasteiger partial charge in [0.2, 0.25) is 0 Å². The van der Waals surface area contributed by atoms with Crippen LogP contribution in [0.15, 0.2) is 35.2 Å². The molecule has 0 bridgehead atoms. The number of nitrogens with zero attached hydrogens (tertiary/aromatic N) is 2. The number of hydrogen-bond acceptors (Lipinski definition) is 3. The minimum atomic E-state index is -0.181. The van der Waals surface area contributed by atoms with Crippen LogP contribution in [0.4, 0.5) is 10.2 Å². The fraction of sp³-hybridized carbons (Fsp3) is 0.312. The average molecular weight is 321 g/mol. The second-order valence-electron chi connectivity index (χ2n) is 5.49. The van der Waals surface area contributed by atoms with E-state index in [1.807, 2.05) is 18.2 Å². The zero-order chi connectivity index (χ0) is 14.4. The van der Waals surface area contributed by atoms with E-state index in [0.29, 0.717) is 5.92 Å². The van der Waals surface area contributed by atoms with Crippen molar-refractivity contribution in [2.75, 3.05) is 23.7 Å². The van der Waals surface area contributed by atoms with Gasteiger partial charge in [0.15, 0.2) is 0 Å². The van der Waals surface area contributed by atoms with Crippen LogP contribution in [0.5, 0.6) is 0 Å². The van der Waals surface area contributed by atoms with Crippen LogP contribution in [0.25, 0.3) is 0 Å². The molecule has 5 heteroatoms. The quantitative estimate of drug-likeness (QED) is 0.828. The van der Waals surface area contributed by atoms with Gasteiger partial charge in [-0.25, -0.2) is 9.37 Å². The first kappa shape index (κ1) is 13.4. The lowest BCUT2D eigenvalue weighted by Crippen LogP contribution is -2.45. The summed E-state index contributed by atoms with van der Waals surface area (Å²) in [5.74, 6) is 2.32. The molecule has 1 saturated heterocycles. The van der Waals surface area contributed by atoms with Crippen LogP contribution >= 0.6 is 23.4 Å². The fourth-order valence-electron chi connectivity index (χ4n) is 2.88. The molecule has 1 aromatic heterocycles. The van der Waals surface area contributed by atoms with Gasteiger partial charge < -0.3 is 4.90 Å². The Morgan fingerprint density at radius 1 is 1.24 bits per heavy atom. The molecule has 21 heavy (non-hydrogen) atoms. The highest BCUT2D eigenvalue weighted by molar-refractivity contribution is 7.99. The van der Waals surface area contributed by atoms with Crippen LogP contribution in [-0.4, -0.2) is 23.8 Å². The van der Waals surface area contributed by atoms with Gasteiger partial charge in [0, 0.05) is 42.1 Å². The summed E-state index contributed by atoms with van der Waals surface area (Å²) in [7, 11) is 0. The Kier molecular flexibility index (Phi) is 3.31. The van der Waals surface area contributed by atoms with Crippen LogP contribution in [0, 0.1) is 5.82 Å². The predicted molar refractivity (Wildman–Crippen MR) is 85.0 cm³/mol. The molecule has 0 atom stereocenters. The third-order valence-electron chi connectivity index (χ3n) is 4.12. The lowest BCUT2D eigenvalue weighted by Gasteiger charge is -2.40. The topological polar surface area (TPSA) is 16.1 Å². The van der Waals surface area contributed by atoms with Crippen LogP contribution in [-0.2, 0) is 6.42 Å². The highest BCUT2D eigenvalue weighted by atomic mass is 35.5. The van der Waals surface area contributed by atoms with Crippen molar-refractivity contribution in [1.29, 1.82) is 0 Å². The first-order valence-electron chi connectivity index (χ1n) is 7.03. The van der Waals surface area contributed by atoms with Gasteiger partial charge in [-0.3, -0.25) is 0 Å². The number of thioether (sulfide) groups is 1. The largest absolute Gasteiger partial charge is 0.355 e. The number of fused-ring (bicyclic) bond motifs is 1. The molecule has 0 aliphatic carbocycles. The molecule has 0 amide bonds. The maximum Gasteiger partial charge on any atom is 0.130 e. The zero-order valence-electron chi connectivity index (χ0n) is 11.4. The summed E-state index contributed by atoms with van der Waals surface area (Å²) >= 11 is 8.13. The van der Waals surface area contributed by atoms with E-state index in [9.17, 15) is 4.39 Å². The summed E-state index contributed by atoms with van der Waals surface area (Å²) < 4.78 is 12.9. The van der Waals surface area contributed by atoms with E-state index in [1.165, 1.54) is 17.7 Å². The Morgan fingerprint density at radius 3 is 2.76 bits per heavy atom. The first-order chi connectivity index (χ1) is 10.2. The zero-order valence-corrected chi connectivity index (χ0v) is 12.9. The van der Waals surface area contributed by atoms with Crippen molar-refractivity contribution in [3.05, 3.63) is 52.4 Å². The van der Waals surface area contributed by atoms with Gasteiger partial charge >= 0.3 is 0 Å². The number of aromatic nitrogens is 1. The Hall–Kier alpha value is -1.26. The number of pyridine rings is 1. The lowest BCUT2D eigenvalue weighted by molar-refractivity contribution is 0.517. The predicted octanol–water partition coefficient (Wildman–Crippen LogP) is 4.13. The molecule has 108 valence electrons. The maximum atomic E-state index is 12.9. The van der Waals surface area contributed by atoms with Gasteiger partial charge in [0.05, 0.1) is 10.7 Å². The van der Waals surface area contributed by atoms with Gasteiger partial charge in [-0.1, -0.05) is 23.7 Å². The Bertz CT molecular complexity index is 683. The summed E-state index contributed by atoms with van der Waals surface area (Å²) in [5.41, 5.74) is 2.32. The highest BCUT2D eigenvalue weighted by Crippen LogP contribution is 2.40. The molecule has 1 aromatic carbocycles. The molecule has 1 fully saturated rings. The third kappa shape index (κ3) is 2.40. The number of hydrogen-bond donors (Lipinski definition) is 0. The summed E-state index contributed by atoms with van der Waals surface area (Å²) in [6, 6.07) is 8.77. The molecule has 0 N–H and O–H groups in total. The second kappa shape index (κ2) is 5.18. The van der Waals surface area contributed by atoms with Gasteiger partial charge in [0.25, 0.3) is 0 Å². The molecule has 2 nitrogen and oxygen atoms in total.